The lowest BCUT2D eigenvalue weighted by Crippen LogP contribution is -2.42. The van der Waals surface area contributed by atoms with Gasteiger partial charge in [0.25, 0.3) is 0 Å². The smallest absolute Gasteiger partial charge is 0.330 e. The van der Waals surface area contributed by atoms with Crippen LogP contribution < -0.4 is 15.7 Å². The lowest BCUT2D eigenvalue weighted by Gasteiger charge is -2.26. The van der Waals surface area contributed by atoms with Gasteiger partial charge in [0.05, 0.1) is 5.57 Å². The third kappa shape index (κ3) is 7.41. The number of fused-ring (bicyclic) bond motifs is 3. The van der Waals surface area contributed by atoms with E-state index in [0.29, 0.717) is 5.70 Å². The molecular weight excluding hydrogens is 778 g/mol. The van der Waals surface area contributed by atoms with E-state index < -0.39 is 7.26 Å². The molecule has 64 heavy (non-hydrogen) atoms. The minimum Gasteiger partial charge on any atom is -0.330 e. The number of rotatable bonds is 7. The molecule has 2 aliphatic heterocycles. The van der Waals surface area contributed by atoms with Gasteiger partial charge in [0.1, 0.15) is 0 Å². The van der Waals surface area contributed by atoms with Crippen molar-refractivity contribution in [1.29, 1.82) is 0 Å². The van der Waals surface area contributed by atoms with Crippen molar-refractivity contribution in [2.45, 2.75) is 58.8 Å². The minimum absolute atomic E-state index is 0.0672. The maximum absolute atomic E-state index is 18.2. The molecule has 0 saturated carbocycles. The molecule has 0 spiro atoms. The lowest BCUT2D eigenvalue weighted by molar-refractivity contribution is -0.331. The van der Waals surface area contributed by atoms with E-state index >= 15 is 4.32 Å². The first-order chi connectivity index (χ1) is 31.3. The Morgan fingerprint density at radius 1 is 0.688 bits per heavy atom. The highest BCUT2D eigenvalue weighted by Crippen LogP contribution is 2.51. The van der Waals surface area contributed by atoms with Crippen LogP contribution in [0.1, 0.15) is 81.2 Å². The van der Waals surface area contributed by atoms with Crippen molar-refractivity contribution in [2.24, 2.45) is 0 Å². The number of halogens is 1. The highest BCUT2D eigenvalue weighted by atomic mass is 19.1. The molecule has 0 fully saturated rings. The zero-order valence-corrected chi connectivity index (χ0v) is 37.2. The fraction of sp³-hybridized carbons (Fsp3) is 0.150. The van der Waals surface area contributed by atoms with Gasteiger partial charge >= 0.3 is 7.26 Å². The second-order valence-corrected chi connectivity index (χ2v) is 17.8. The Kier molecular flexibility index (Phi) is 11.1. The molecule has 0 amide bonds. The number of nitrogens with zero attached hydrogens (tertiary/aromatic N) is 1. The molecule has 0 bridgehead atoms. The molecule has 3 aliphatic carbocycles. The summed E-state index contributed by atoms with van der Waals surface area (Å²) in [5.41, 5.74) is 18.9. The van der Waals surface area contributed by atoms with Crippen LogP contribution in [0.3, 0.4) is 0 Å². The van der Waals surface area contributed by atoms with Crippen LogP contribution in [-0.4, -0.2) is 17.5 Å². The third-order valence-electron chi connectivity index (χ3n) is 13.7. The molecule has 5 aliphatic rings. The quantitative estimate of drug-likeness (QED) is 0.162. The standard InChI is InChI=1S/C60H52BFN2/c1-5-48(46-35-36-52-51-33-21-22-34-55(51)60(3,4)56(52)38-46)50-32-20-19-31-49(50)41(2)53-37-47(42-23-11-6-7-12-24-42)39-57(44-27-15-9-16-28-44)63-61(62)64-58(45-29-17-10-18-30-45)40-54(59(53)64)43-25-13-8-14-26-43/h6-23,25-34,37-40H,5,24,35-36H2,1-4H3/p+1/b47-39?,49-41+,50-48+,53-37?,63-57?. The Balaban J connectivity index is 1.31. The van der Waals surface area contributed by atoms with Gasteiger partial charge < -0.3 is 5.23 Å². The van der Waals surface area contributed by atoms with E-state index in [1.807, 2.05) is 47.0 Å². The highest BCUT2D eigenvalue weighted by molar-refractivity contribution is 6.44. The Bertz CT molecular complexity index is 3150. The summed E-state index contributed by atoms with van der Waals surface area (Å²) in [4.78, 5) is 0. The second kappa shape index (κ2) is 17.3. The van der Waals surface area contributed by atoms with Crippen molar-refractivity contribution >= 4 is 41.0 Å². The van der Waals surface area contributed by atoms with E-state index in [9.17, 15) is 0 Å². The first kappa shape index (κ1) is 41.0. The molecule has 5 aromatic rings. The first-order valence-electron chi connectivity index (χ1n) is 22.8. The lowest BCUT2D eigenvalue weighted by atomic mass is 9.77. The topological polar surface area (TPSA) is 15.0 Å². The molecule has 0 unspecified atom stereocenters. The molecule has 1 N–H and O–H groups in total. The third-order valence-corrected chi connectivity index (χ3v) is 13.7. The molecule has 0 atom stereocenters. The van der Waals surface area contributed by atoms with Gasteiger partial charge in [0.15, 0.2) is 5.71 Å². The number of nitrogens with one attached hydrogen (secondary N) is 1. The molecule has 0 radical (unpaired) electrons. The maximum Gasteiger partial charge on any atom is 0.839 e. The van der Waals surface area contributed by atoms with E-state index in [1.54, 1.807) is 0 Å². The van der Waals surface area contributed by atoms with Gasteiger partial charge in [-0.1, -0.05) is 185 Å². The van der Waals surface area contributed by atoms with Crippen LogP contribution in [0.4, 0.5) is 4.32 Å². The summed E-state index contributed by atoms with van der Waals surface area (Å²) in [6, 6.07) is 48.8. The zero-order valence-electron chi connectivity index (χ0n) is 37.2. The molecule has 312 valence electrons. The average molecular weight is 832 g/mol. The molecule has 10 rings (SSSR count). The van der Waals surface area contributed by atoms with Gasteiger partial charge in [-0.05, 0) is 129 Å². The van der Waals surface area contributed by atoms with Crippen LogP contribution in [0, 0.1) is 0 Å². The largest absolute Gasteiger partial charge is 0.839 e. The Hall–Kier alpha value is -7.04. The predicted octanol–water partition coefficient (Wildman–Crippen LogP) is 12.7. The predicted molar refractivity (Wildman–Crippen MR) is 268 cm³/mol. The normalized spacial score (nSPS) is 21.6. The SMILES string of the molecule is CC/C(C1=CC2=C(CC1)c1ccccc1C2(C)C)=c1/cccc/c1=C(C)\C1=C2/C(c3ccccc3)=CC(c3ccccc3)=[N+]2B(F)N\C(c2ccccc2)=C/C(C2=CC=CC=CC2)=C/1. The summed E-state index contributed by atoms with van der Waals surface area (Å²) in [5.74, 6) is 0. The fourth-order valence-corrected chi connectivity index (χ4v) is 10.5. The average Bonchev–Trinajstić information content (AvgIpc) is 3.70. The number of allylic oxidation sites excluding steroid dienone is 16. The van der Waals surface area contributed by atoms with Crippen LogP contribution in [0.5, 0.6) is 0 Å². The number of hydrogen-bond acceptors (Lipinski definition) is 1. The minimum atomic E-state index is -1.62. The van der Waals surface area contributed by atoms with Crippen molar-refractivity contribution in [3.05, 3.63) is 266 Å². The zero-order chi connectivity index (χ0) is 43.8. The van der Waals surface area contributed by atoms with Crippen molar-refractivity contribution in [3.8, 4) is 0 Å². The Labute approximate surface area is 378 Å². The summed E-state index contributed by atoms with van der Waals surface area (Å²) < 4.78 is 20.1. The summed E-state index contributed by atoms with van der Waals surface area (Å²) in [6.45, 7) is 9.31. The van der Waals surface area contributed by atoms with Crippen LogP contribution in [0.15, 0.2) is 228 Å². The van der Waals surface area contributed by atoms with Crippen molar-refractivity contribution < 1.29 is 8.80 Å². The molecule has 4 heteroatoms. The van der Waals surface area contributed by atoms with Crippen LogP contribution in [0.25, 0.3) is 28.0 Å². The maximum atomic E-state index is 18.2. The van der Waals surface area contributed by atoms with Crippen molar-refractivity contribution in [1.82, 2.24) is 5.23 Å². The van der Waals surface area contributed by atoms with E-state index in [2.05, 4.69) is 185 Å². The second-order valence-electron chi connectivity index (χ2n) is 17.8. The van der Waals surface area contributed by atoms with Gasteiger partial charge in [-0.15, -0.1) is 0 Å². The van der Waals surface area contributed by atoms with E-state index in [0.717, 1.165) is 86.9 Å². The first-order valence-corrected chi connectivity index (χ1v) is 22.8. The van der Waals surface area contributed by atoms with Gasteiger partial charge in [-0.2, -0.15) is 0 Å². The van der Waals surface area contributed by atoms with Crippen LogP contribution in [-0.2, 0) is 5.41 Å². The monoisotopic (exact) mass is 831 g/mol. The van der Waals surface area contributed by atoms with E-state index in [-0.39, 0.29) is 5.41 Å². The highest BCUT2D eigenvalue weighted by Gasteiger charge is 2.47. The summed E-state index contributed by atoms with van der Waals surface area (Å²) >= 11 is 0. The molecule has 2 nitrogen and oxygen atoms in total. The Morgan fingerprint density at radius 3 is 2.08 bits per heavy atom. The number of benzene rings is 5. The van der Waals surface area contributed by atoms with Gasteiger partial charge in [-0.3, -0.25) is 0 Å². The Morgan fingerprint density at radius 2 is 1.34 bits per heavy atom. The molecule has 5 aromatic carbocycles. The molecule has 2 heterocycles. The summed E-state index contributed by atoms with van der Waals surface area (Å²) in [6.07, 6.45) is 23.5. The molecular formula is C60H53BFN2+. The van der Waals surface area contributed by atoms with Gasteiger partial charge in [0.2, 0.25) is 5.70 Å². The van der Waals surface area contributed by atoms with Crippen LogP contribution in [0.2, 0.25) is 0 Å². The van der Waals surface area contributed by atoms with Crippen molar-refractivity contribution in [2.75, 3.05) is 0 Å². The van der Waals surface area contributed by atoms with Gasteiger partial charge in [0, 0.05) is 28.3 Å². The van der Waals surface area contributed by atoms with Crippen LogP contribution >= 0.6 is 0 Å². The molecule has 0 aromatic heterocycles. The van der Waals surface area contributed by atoms with Gasteiger partial charge in [-0.25, -0.2) is 8.80 Å². The fourth-order valence-electron chi connectivity index (χ4n) is 10.5. The van der Waals surface area contributed by atoms with Crippen molar-refractivity contribution in [3.63, 3.8) is 0 Å². The number of hydrogen-bond donors (Lipinski definition) is 1. The summed E-state index contributed by atoms with van der Waals surface area (Å²) in [5, 5.41) is 5.80. The molecule has 0 saturated heterocycles. The summed E-state index contributed by atoms with van der Waals surface area (Å²) in [7, 11) is -1.62. The van der Waals surface area contributed by atoms with E-state index in [4.69, 9.17) is 0 Å². The van der Waals surface area contributed by atoms with E-state index in [1.165, 1.54) is 38.6 Å².